The number of hydrogen-bond donors (Lipinski definition) is 1. The summed E-state index contributed by atoms with van der Waals surface area (Å²) >= 11 is 0. The van der Waals surface area contributed by atoms with E-state index in [0.29, 0.717) is 23.2 Å². The first kappa shape index (κ1) is 14.5. The van der Waals surface area contributed by atoms with E-state index in [0.717, 1.165) is 13.1 Å². The maximum Gasteiger partial charge on any atom is 0.272 e. The molecular formula is C14H23N3O. The van der Waals surface area contributed by atoms with Gasteiger partial charge in [0.05, 0.1) is 11.9 Å². The van der Waals surface area contributed by atoms with Gasteiger partial charge in [0.1, 0.15) is 5.69 Å². The van der Waals surface area contributed by atoms with Crippen molar-refractivity contribution in [1.82, 2.24) is 9.88 Å². The topological polar surface area (TPSA) is 59.2 Å². The van der Waals surface area contributed by atoms with Crippen molar-refractivity contribution in [3.05, 3.63) is 24.0 Å². The Labute approximate surface area is 109 Å². The number of nitrogens with zero attached hydrogens (tertiary/aromatic N) is 2. The fourth-order valence-corrected chi connectivity index (χ4v) is 1.82. The molecule has 0 radical (unpaired) electrons. The number of nitrogen functional groups attached to an aromatic ring is 1. The second-order valence-electron chi connectivity index (χ2n) is 5.47. The summed E-state index contributed by atoms with van der Waals surface area (Å²) in [5, 5.41) is 0. The van der Waals surface area contributed by atoms with Crippen molar-refractivity contribution in [3.63, 3.8) is 0 Å². The number of pyridine rings is 1. The minimum absolute atomic E-state index is 0.0163. The Morgan fingerprint density at radius 2 is 1.78 bits per heavy atom. The molecule has 0 spiro atoms. The molecule has 0 aliphatic heterocycles. The molecule has 0 aliphatic carbocycles. The molecule has 2 N–H and O–H groups in total. The zero-order valence-electron chi connectivity index (χ0n) is 11.7. The zero-order valence-corrected chi connectivity index (χ0v) is 11.7. The molecule has 18 heavy (non-hydrogen) atoms. The van der Waals surface area contributed by atoms with Crippen molar-refractivity contribution in [3.8, 4) is 0 Å². The number of carbonyl (C=O) groups is 1. The monoisotopic (exact) mass is 249 g/mol. The van der Waals surface area contributed by atoms with Crippen molar-refractivity contribution in [2.45, 2.75) is 27.7 Å². The lowest BCUT2D eigenvalue weighted by molar-refractivity contribution is 0.0709. The summed E-state index contributed by atoms with van der Waals surface area (Å²) < 4.78 is 0. The van der Waals surface area contributed by atoms with Gasteiger partial charge >= 0.3 is 0 Å². The van der Waals surface area contributed by atoms with Gasteiger partial charge < -0.3 is 10.6 Å². The quantitative estimate of drug-likeness (QED) is 0.871. The van der Waals surface area contributed by atoms with Crippen molar-refractivity contribution in [2.24, 2.45) is 11.8 Å². The van der Waals surface area contributed by atoms with Crippen LogP contribution in [0.25, 0.3) is 0 Å². The third kappa shape index (κ3) is 4.35. The predicted molar refractivity (Wildman–Crippen MR) is 74.2 cm³/mol. The fourth-order valence-electron chi connectivity index (χ4n) is 1.82. The van der Waals surface area contributed by atoms with Crippen molar-refractivity contribution < 1.29 is 4.79 Å². The maximum absolute atomic E-state index is 12.3. The summed E-state index contributed by atoms with van der Waals surface area (Å²) in [4.78, 5) is 18.3. The van der Waals surface area contributed by atoms with Crippen LogP contribution in [0.15, 0.2) is 18.3 Å². The lowest BCUT2D eigenvalue weighted by Gasteiger charge is -2.26. The molecule has 0 bridgehead atoms. The summed E-state index contributed by atoms with van der Waals surface area (Å²) in [6.07, 6.45) is 1.52. The number of amides is 1. The van der Waals surface area contributed by atoms with E-state index < -0.39 is 0 Å². The van der Waals surface area contributed by atoms with E-state index in [1.165, 1.54) is 6.20 Å². The Morgan fingerprint density at radius 3 is 2.17 bits per heavy atom. The van der Waals surface area contributed by atoms with Crippen molar-refractivity contribution in [1.29, 1.82) is 0 Å². The Hall–Kier alpha value is -1.58. The van der Waals surface area contributed by atoms with E-state index in [9.17, 15) is 4.79 Å². The lowest BCUT2D eigenvalue weighted by atomic mass is 10.1. The smallest absolute Gasteiger partial charge is 0.272 e. The van der Waals surface area contributed by atoms with E-state index >= 15 is 0 Å². The summed E-state index contributed by atoms with van der Waals surface area (Å²) in [6, 6.07) is 3.40. The first-order chi connectivity index (χ1) is 8.40. The Bertz CT molecular complexity index is 375. The van der Waals surface area contributed by atoms with E-state index in [4.69, 9.17) is 5.73 Å². The SMILES string of the molecule is CC(C)CN(CC(C)C)C(=O)c1ccc(N)cn1. The molecule has 1 aromatic rings. The molecular weight excluding hydrogens is 226 g/mol. The molecule has 1 heterocycles. The molecule has 0 aliphatic rings. The van der Waals surface area contributed by atoms with Crippen LogP contribution in [0, 0.1) is 11.8 Å². The molecule has 1 aromatic heterocycles. The molecule has 1 amide bonds. The van der Waals surface area contributed by atoms with Crippen LogP contribution in [0.4, 0.5) is 5.69 Å². The molecule has 1 rings (SSSR count). The first-order valence-corrected chi connectivity index (χ1v) is 6.41. The molecule has 0 atom stereocenters. The third-order valence-electron chi connectivity index (χ3n) is 2.46. The Kier molecular flexibility index (Phi) is 5.13. The van der Waals surface area contributed by atoms with Crippen LogP contribution >= 0.6 is 0 Å². The van der Waals surface area contributed by atoms with Crippen LogP contribution in [0.3, 0.4) is 0 Å². The van der Waals surface area contributed by atoms with Crippen LogP contribution in [0.2, 0.25) is 0 Å². The van der Waals surface area contributed by atoms with Crippen molar-refractivity contribution in [2.75, 3.05) is 18.8 Å². The highest BCUT2D eigenvalue weighted by Gasteiger charge is 2.18. The second-order valence-corrected chi connectivity index (χ2v) is 5.47. The molecule has 0 aromatic carbocycles. The first-order valence-electron chi connectivity index (χ1n) is 6.41. The maximum atomic E-state index is 12.3. The number of nitrogens with two attached hydrogens (primary N) is 1. The van der Waals surface area contributed by atoms with Crippen LogP contribution in [-0.2, 0) is 0 Å². The Morgan fingerprint density at radius 1 is 1.22 bits per heavy atom. The lowest BCUT2D eigenvalue weighted by Crippen LogP contribution is -2.37. The normalized spacial score (nSPS) is 11.0. The van der Waals surface area contributed by atoms with Gasteiger partial charge in [0.15, 0.2) is 0 Å². The van der Waals surface area contributed by atoms with Crippen LogP contribution < -0.4 is 5.73 Å². The van der Waals surface area contributed by atoms with Crippen LogP contribution in [0.5, 0.6) is 0 Å². The molecule has 100 valence electrons. The highest BCUT2D eigenvalue weighted by molar-refractivity contribution is 5.92. The Balaban J connectivity index is 2.83. The average Bonchev–Trinajstić information content (AvgIpc) is 2.27. The van der Waals surface area contributed by atoms with Gasteiger partial charge in [0.25, 0.3) is 5.91 Å². The highest BCUT2D eigenvalue weighted by atomic mass is 16.2. The van der Waals surface area contributed by atoms with Crippen molar-refractivity contribution >= 4 is 11.6 Å². The second kappa shape index (κ2) is 6.38. The number of hydrogen-bond acceptors (Lipinski definition) is 3. The van der Waals surface area contributed by atoms with Gasteiger partial charge in [-0.25, -0.2) is 4.98 Å². The number of aromatic nitrogens is 1. The predicted octanol–water partition coefficient (Wildman–Crippen LogP) is 2.42. The van der Waals surface area contributed by atoms with Gasteiger partial charge in [0, 0.05) is 13.1 Å². The number of rotatable bonds is 5. The summed E-state index contributed by atoms with van der Waals surface area (Å²) in [5.74, 6) is 0.875. The molecule has 4 nitrogen and oxygen atoms in total. The molecule has 0 unspecified atom stereocenters. The molecule has 0 fully saturated rings. The summed E-state index contributed by atoms with van der Waals surface area (Å²) in [6.45, 7) is 9.94. The largest absolute Gasteiger partial charge is 0.397 e. The van der Waals surface area contributed by atoms with Gasteiger partial charge in [-0.3, -0.25) is 4.79 Å². The van der Waals surface area contributed by atoms with E-state index in [1.807, 2.05) is 4.90 Å². The van der Waals surface area contributed by atoms with E-state index in [1.54, 1.807) is 12.1 Å². The number of carbonyl (C=O) groups excluding carboxylic acids is 1. The van der Waals surface area contributed by atoms with Gasteiger partial charge in [-0.05, 0) is 24.0 Å². The molecule has 4 heteroatoms. The fraction of sp³-hybridized carbons (Fsp3) is 0.571. The minimum Gasteiger partial charge on any atom is -0.397 e. The highest BCUT2D eigenvalue weighted by Crippen LogP contribution is 2.10. The van der Waals surface area contributed by atoms with Gasteiger partial charge in [-0.2, -0.15) is 0 Å². The summed E-state index contributed by atoms with van der Waals surface area (Å²) in [7, 11) is 0. The van der Waals surface area contributed by atoms with E-state index in [2.05, 4.69) is 32.7 Å². The van der Waals surface area contributed by atoms with Gasteiger partial charge in [0.2, 0.25) is 0 Å². The van der Waals surface area contributed by atoms with E-state index in [-0.39, 0.29) is 5.91 Å². The van der Waals surface area contributed by atoms with Gasteiger partial charge in [-0.1, -0.05) is 27.7 Å². The van der Waals surface area contributed by atoms with Crippen LogP contribution in [-0.4, -0.2) is 28.9 Å². The third-order valence-corrected chi connectivity index (χ3v) is 2.46. The van der Waals surface area contributed by atoms with Crippen LogP contribution in [0.1, 0.15) is 38.2 Å². The molecule has 0 saturated carbocycles. The standard InChI is InChI=1S/C14H23N3O/c1-10(2)8-17(9-11(3)4)14(18)13-6-5-12(15)7-16-13/h5-7,10-11H,8-9,15H2,1-4H3. The molecule has 0 saturated heterocycles. The zero-order chi connectivity index (χ0) is 13.7. The minimum atomic E-state index is -0.0163. The van der Waals surface area contributed by atoms with Gasteiger partial charge in [-0.15, -0.1) is 0 Å². The average molecular weight is 249 g/mol. The summed E-state index contributed by atoms with van der Waals surface area (Å²) in [5.41, 5.74) is 6.62. The number of anilines is 1.